The molecule has 3 aromatic rings. The molecule has 2 aromatic carbocycles. The molecule has 1 heterocycles. The van der Waals surface area contributed by atoms with Gasteiger partial charge in [-0.05, 0) is 63.1 Å². The van der Waals surface area contributed by atoms with Gasteiger partial charge < -0.3 is 19.8 Å². The summed E-state index contributed by atoms with van der Waals surface area (Å²) >= 11 is 3.67. The summed E-state index contributed by atoms with van der Waals surface area (Å²) in [6, 6.07) is 12.5. The Labute approximate surface area is 169 Å². The number of rotatable bonds is 9. The fourth-order valence-corrected chi connectivity index (χ4v) is 3.57. The van der Waals surface area contributed by atoms with Crippen LogP contribution in [0.1, 0.15) is 31.9 Å². The van der Waals surface area contributed by atoms with Gasteiger partial charge in [0.1, 0.15) is 0 Å². The van der Waals surface area contributed by atoms with E-state index >= 15 is 0 Å². The van der Waals surface area contributed by atoms with Crippen molar-refractivity contribution in [1.82, 2.24) is 10.3 Å². The van der Waals surface area contributed by atoms with Crippen LogP contribution in [-0.4, -0.2) is 24.2 Å². The van der Waals surface area contributed by atoms with E-state index in [2.05, 4.69) is 62.8 Å². The van der Waals surface area contributed by atoms with Crippen LogP contribution >= 0.6 is 15.9 Å². The van der Waals surface area contributed by atoms with Crippen molar-refractivity contribution in [1.29, 1.82) is 0 Å². The van der Waals surface area contributed by atoms with Crippen LogP contribution in [0.5, 0.6) is 11.5 Å². The molecule has 0 fully saturated rings. The van der Waals surface area contributed by atoms with E-state index in [9.17, 15) is 0 Å². The molecule has 4 nitrogen and oxygen atoms in total. The minimum absolute atomic E-state index is 0.108. The normalized spacial score (nSPS) is 11.3. The van der Waals surface area contributed by atoms with Crippen LogP contribution in [0.3, 0.4) is 0 Å². The maximum atomic E-state index is 5.87. The van der Waals surface area contributed by atoms with Crippen LogP contribution in [-0.2, 0) is 13.0 Å². The van der Waals surface area contributed by atoms with Crippen LogP contribution in [0.25, 0.3) is 10.9 Å². The summed E-state index contributed by atoms with van der Waals surface area (Å²) in [5.74, 6) is 1.57. The second-order valence-corrected chi connectivity index (χ2v) is 7.63. The second kappa shape index (κ2) is 9.29. The van der Waals surface area contributed by atoms with E-state index in [0.29, 0.717) is 6.61 Å². The highest BCUT2D eigenvalue weighted by Crippen LogP contribution is 2.34. The van der Waals surface area contributed by atoms with Gasteiger partial charge in [-0.15, -0.1) is 0 Å². The van der Waals surface area contributed by atoms with Crippen LogP contribution in [0, 0.1) is 0 Å². The highest BCUT2D eigenvalue weighted by Gasteiger charge is 2.12. The van der Waals surface area contributed by atoms with Crippen molar-refractivity contribution in [3.8, 4) is 11.5 Å². The van der Waals surface area contributed by atoms with Gasteiger partial charge in [0, 0.05) is 28.1 Å². The predicted molar refractivity (Wildman–Crippen MR) is 115 cm³/mol. The van der Waals surface area contributed by atoms with Crippen molar-refractivity contribution >= 4 is 26.8 Å². The lowest BCUT2D eigenvalue weighted by atomic mass is 10.1. The Kier molecular flexibility index (Phi) is 6.80. The summed E-state index contributed by atoms with van der Waals surface area (Å²) in [4.78, 5) is 3.33. The van der Waals surface area contributed by atoms with Crippen LogP contribution in [0.2, 0.25) is 0 Å². The van der Waals surface area contributed by atoms with E-state index in [1.807, 2.05) is 26.8 Å². The number of H-pyrrole nitrogens is 1. The minimum Gasteiger partial charge on any atom is -0.490 e. The Morgan fingerprint density at radius 2 is 1.93 bits per heavy atom. The summed E-state index contributed by atoms with van der Waals surface area (Å²) in [5.41, 5.74) is 3.69. The van der Waals surface area contributed by atoms with E-state index < -0.39 is 0 Å². The smallest absolute Gasteiger partial charge is 0.162 e. The molecular weight excluding hydrogens is 404 g/mol. The van der Waals surface area contributed by atoms with E-state index in [0.717, 1.165) is 41.0 Å². The van der Waals surface area contributed by atoms with Gasteiger partial charge in [0.25, 0.3) is 0 Å². The Morgan fingerprint density at radius 1 is 1.11 bits per heavy atom. The van der Waals surface area contributed by atoms with Crippen molar-refractivity contribution in [2.75, 3.05) is 13.2 Å². The standard InChI is InChI=1S/C22H27BrN2O2/c1-4-26-21-11-17(19(23)12-22(21)27-15(2)3)13-24-10-9-16-14-25-20-8-6-5-7-18(16)20/h5-8,11-12,14-15,24-25H,4,9-10,13H2,1-3H3. The molecule has 0 saturated carbocycles. The molecule has 0 unspecified atom stereocenters. The lowest BCUT2D eigenvalue weighted by molar-refractivity contribution is 0.223. The van der Waals surface area contributed by atoms with E-state index in [1.165, 1.54) is 16.5 Å². The first-order chi connectivity index (χ1) is 13.1. The van der Waals surface area contributed by atoms with Gasteiger partial charge in [0.15, 0.2) is 11.5 Å². The monoisotopic (exact) mass is 430 g/mol. The third-order valence-corrected chi connectivity index (χ3v) is 5.07. The fraction of sp³-hybridized carbons (Fsp3) is 0.364. The average Bonchev–Trinajstić information content (AvgIpc) is 3.05. The maximum absolute atomic E-state index is 5.87. The van der Waals surface area contributed by atoms with Crippen LogP contribution in [0.4, 0.5) is 0 Å². The first-order valence-electron chi connectivity index (χ1n) is 9.46. The number of hydrogen-bond acceptors (Lipinski definition) is 3. The van der Waals surface area contributed by atoms with Gasteiger partial charge in [0.2, 0.25) is 0 Å². The zero-order chi connectivity index (χ0) is 19.2. The zero-order valence-corrected chi connectivity index (χ0v) is 17.7. The van der Waals surface area contributed by atoms with Gasteiger partial charge in [-0.25, -0.2) is 0 Å². The topological polar surface area (TPSA) is 46.3 Å². The lowest BCUT2D eigenvalue weighted by Crippen LogP contribution is -2.17. The first kappa shape index (κ1) is 19.8. The van der Waals surface area contributed by atoms with Gasteiger partial charge in [-0.3, -0.25) is 0 Å². The predicted octanol–water partition coefficient (Wildman–Crippen LogP) is 5.45. The highest BCUT2D eigenvalue weighted by molar-refractivity contribution is 9.10. The van der Waals surface area contributed by atoms with E-state index in [-0.39, 0.29) is 6.10 Å². The largest absolute Gasteiger partial charge is 0.490 e. The molecule has 3 rings (SSSR count). The molecule has 0 amide bonds. The molecule has 27 heavy (non-hydrogen) atoms. The van der Waals surface area contributed by atoms with Crippen molar-refractivity contribution in [2.24, 2.45) is 0 Å². The van der Waals surface area contributed by atoms with Crippen molar-refractivity contribution in [3.63, 3.8) is 0 Å². The van der Waals surface area contributed by atoms with Crippen molar-refractivity contribution in [3.05, 3.63) is 58.2 Å². The maximum Gasteiger partial charge on any atom is 0.162 e. The third-order valence-electron chi connectivity index (χ3n) is 4.34. The van der Waals surface area contributed by atoms with Gasteiger partial charge in [-0.2, -0.15) is 0 Å². The molecule has 144 valence electrons. The highest BCUT2D eigenvalue weighted by atomic mass is 79.9. The number of hydrogen-bond donors (Lipinski definition) is 2. The first-order valence-corrected chi connectivity index (χ1v) is 10.3. The summed E-state index contributed by atoms with van der Waals surface area (Å²) < 4.78 is 12.7. The average molecular weight is 431 g/mol. The molecule has 0 aliphatic carbocycles. The van der Waals surface area contributed by atoms with E-state index in [1.54, 1.807) is 0 Å². The zero-order valence-electron chi connectivity index (χ0n) is 16.1. The molecular formula is C22H27BrN2O2. The Morgan fingerprint density at radius 3 is 2.70 bits per heavy atom. The quantitative estimate of drug-likeness (QED) is 0.443. The molecule has 0 atom stereocenters. The number of benzene rings is 2. The summed E-state index contributed by atoms with van der Waals surface area (Å²) in [6.45, 7) is 8.31. The van der Waals surface area contributed by atoms with Gasteiger partial charge in [0.05, 0.1) is 12.7 Å². The number of ether oxygens (including phenoxy) is 2. The molecule has 0 spiro atoms. The Balaban J connectivity index is 1.62. The summed E-state index contributed by atoms with van der Waals surface area (Å²) in [7, 11) is 0. The molecule has 1 aromatic heterocycles. The van der Waals surface area contributed by atoms with Gasteiger partial charge in [-0.1, -0.05) is 34.1 Å². The van der Waals surface area contributed by atoms with Gasteiger partial charge >= 0.3 is 0 Å². The van der Waals surface area contributed by atoms with E-state index in [4.69, 9.17) is 9.47 Å². The number of aromatic nitrogens is 1. The molecule has 0 radical (unpaired) electrons. The number of aromatic amines is 1. The summed E-state index contributed by atoms with van der Waals surface area (Å²) in [5, 5.41) is 4.84. The molecule has 0 aliphatic rings. The molecule has 0 saturated heterocycles. The number of fused-ring (bicyclic) bond motifs is 1. The molecule has 0 bridgehead atoms. The van der Waals surface area contributed by atoms with Crippen LogP contribution in [0.15, 0.2) is 47.1 Å². The number of nitrogens with one attached hydrogen (secondary N) is 2. The van der Waals surface area contributed by atoms with Crippen molar-refractivity contribution < 1.29 is 9.47 Å². The SMILES string of the molecule is CCOc1cc(CNCCc2c[nH]c3ccccc23)c(Br)cc1OC(C)C. The minimum atomic E-state index is 0.108. The Bertz CT molecular complexity index is 889. The second-order valence-electron chi connectivity index (χ2n) is 6.78. The van der Waals surface area contributed by atoms with Crippen molar-refractivity contribution in [2.45, 2.75) is 39.8 Å². The Hall–Kier alpha value is -1.98. The number of para-hydroxylation sites is 1. The molecule has 5 heteroatoms. The number of halogens is 1. The fourth-order valence-electron chi connectivity index (χ4n) is 3.11. The lowest BCUT2D eigenvalue weighted by Gasteiger charge is -2.17. The molecule has 2 N–H and O–H groups in total. The molecule has 0 aliphatic heterocycles. The summed E-state index contributed by atoms with van der Waals surface area (Å²) in [6.07, 6.45) is 3.19. The van der Waals surface area contributed by atoms with Crippen LogP contribution < -0.4 is 14.8 Å². The third kappa shape index (κ3) is 5.05.